The van der Waals surface area contributed by atoms with Crippen molar-refractivity contribution < 1.29 is 9.59 Å². The topological polar surface area (TPSA) is 70.2 Å². The molecule has 0 aliphatic carbocycles. The lowest BCUT2D eigenvalue weighted by Crippen LogP contribution is -2.42. The number of carbonyl (C=O) groups is 2. The highest BCUT2D eigenvalue weighted by Gasteiger charge is 2.09. The van der Waals surface area contributed by atoms with Crippen molar-refractivity contribution in [2.75, 3.05) is 13.6 Å². The summed E-state index contributed by atoms with van der Waals surface area (Å²) < 4.78 is 0. The second-order valence-electron chi connectivity index (χ2n) is 3.78. The third kappa shape index (κ3) is 4.73. The van der Waals surface area contributed by atoms with Crippen molar-refractivity contribution >= 4 is 23.5 Å². The predicted molar refractivity (Wildman–Crippen MR) is 70.5 cm³/mol. The molecule has 6 heteroatoms. The summed E-state index contributed by atoms with van der Waals surface area (Å²) in [4.78, 5) is 22.2. The summed E-state index contributed by atoms with van der Waals surface area (Å²) in [5.74, 6) is -0.386. The molecule has 0 heterocycles. The summed E-state index contributed by atoms with van der Waals surface area (Å²) in [6, 6.07) is 6.84. The first-order valence-corrected chi connectivity index (χ1v) is 5.91. The number of hydrogen-bond donors (Lipinski definition) is 3. The maximum absolute atomic E-state index is 11.4. The van der Waals surface area contributed by atoms with Gasteiger partial charge in [0.05, 0.1) is 6.54 Å². The molecule has 0 aromatic heterocycles. The van der Waals surface area contributed by atoms with E-state index in [9.17, 15) is 9.59 Å². The lowest BCUT2D eigenvalue weighted by molar-refractivity contribution is -0.119. The molecule has 0 saturated carbocycles. The van der Waals surface area contributed by atoms with Gasteiger partial charge in [0, 0.05) is 18.1 Å². The third-order valence-corrected chi connectivity index (χ3v) is 2.63. The third-order valence-electron chi connectivity index (χ3n) is 2.40. The Hall–Kier alpha value is -1.59. The maximum atomic E-state index is 11.4. The highest BCUT2D eigenvalue weighted by molar-refractivity contribution is 6.30. The Morgan fingerprint density at radius 3 is 2.72 bits per heavy atom. The van der Waals surface area contributed by atoms with E-state index in [4.69, 9.17) is 11.6 Å². The Bertz CT molecular complexity index is 437. The number of urea groups is 1. The molecule has 3 N–H and O–H groups in total. The Kier molecular flexibility index (Phi) is 5.61. The standard InChI is InChI=1S/C12H16ClN3O2/c1-8(9-4-3-5-10(13)6-9)15-7-11(17)16-12(18)14-2/h3-6,8,15H,7H2,1-2H3,(H2,14,16,17,18)/t8-/m0/s1. The number of amides is 3. The van der Waals surface area contributed by atoms with E-state index in [1.54, 1.807) is 6.07 Å². The Morgan fingerprint density at radius 1 is 1.39 bits per heavy atom. The molecule has 0 unspecified atom stereocenters. The van der Waals surface area contributed by atoms with Crippen LogP contribution in [0.3, 0.4) is 0 Å². The second kappa shape index (κ2) is 6.98. The SMILES string of the molecule is CNC(=O)NC(=O)CN[C@@H](C)c1cccc(Cl)c1. The molecule has 0 fully saturated rings. The molecule has 0 bridgehead atoms. The molecule has 1 aromatic carbocycles. The number of nitrogens with one attached hydrogen (secondary N) is 3. The summed E-state index contributed by atoms with van der Waals surface area (Å²) in [6.45, 7) is 1.97. The summed E-state index contributed by atoms with van der Waals surface area (Å²) in [5.41, 5.74) is 0.982. The van der Waals surface area contributed by atoms with Gasteiger partial charge >= 0.3 is 6.03 Å². The minimum Gasteiger partial charge on any atom is -0.341 e. The Labute approximate surface area is 111 Å². The van der Waals surface area contributed by atoms with Gasteiger partial charge in [-0.15, -0.1) is 0 Å². The monoisotopic (exact) mass is 269 g/mol. The number of imide groups is 1. The largest absolute Gasteiger partial charge is 0.341 e. The summed E-state index contributed by atoms with van der Waals surface area (Å²) in [7, 11) is 1.45. The van der Waals surface area contributed by atoms with E-state index < -0.39 is 6.03 Å². The van der Waals surface area contributed by atoms with Crippen LogP contribution in [0.1, 0.15) is 18.5 Å². The number of halogens is 1. The van der Waals surface area contributed by atoms with E-state index in [0.717, 1.165) is 5.56 Å². The van der Waals surface area contributed by atoms with Gasteiger partial charge in [-0.25, -0.2) is 4.79 Å². The van der Waals surface area contributed by atoms with E-state index in [-0.39, 0.29) is 18.5 Å². The first-order valence-electron chi connectivity index (χ1n) is 5.53. The van der Waals surface area contributed by atoms with Gasteiger partial charge in [-0.3, -0.25) is 10.1 Å². The molecule has 1 atom stereocenters. The lowest BCUT2D eigenvalue weighted by Gasteiger charge is -2.14. The van der Waals surface area contributed by atoms with Gasteiger partial charge in [0.25, 0.3) is 0 Å². The highest BCUT2D eigenvalue weighted by Crippen LogP contribution is 2.16. The molecule has 0 spiro atoms. The molecule has 0 aliphatic heterocycles. The van der Waals surface area contributed by atoms with Gasteiger partial charge in [0.1, 0.15) is 0 Å². The van der Waals surface area contributed by atoms with Crippen molar-refractivity contribution in [2.45, 2.75) is 13.0 Å². The van der Waals surface area contributed by atoms with Crippen LogP contribution >= 0.6 is 11.6 Å². The van der Waals surface area contributed by atoms with E-state index in [1.165, 1.54) is 7.05 Å². The molecule has 5 nitrogen and oxygen atoms in total. The number of carbonyl (C=O) groups excluding carboxylic acids is 2. The predicted octanol–water partition coefficient (Wildman–Crippen LogP) is 1.45. The minimum absolute atomic E-state index is 0.0286. The molecule has 1 rings (SSSR count). The zero-order chi connectivity index (χ0) is 13.5. The zero-order valence-corrected chi connectivity index (χ0v) is 11.0. The maximum Gasteiger partial charge on any atom is 0.321 e. The van der Waals surface area contributed by atoms with Gasteiger partial charge < -0.3 is 10.6 Å². The summed E-state index contributed by atoms with van der Waals surface area (Å²) in [5, 5.41) is 8.13. The Balaban J connectivity index is 2.44. The van der Waals surface area contributed by atoms with Crippen LogP contribution in [0.2, 0.25) is 5.02 Å². The quantitative estimate of drug-likeness (QED) is 0.775. The van der Waals surface area contributed by atoms with Crippen LogP contribution in [0.15, 0.2) is 24.3 Å². The molecule has 0 aliphatic rings. The van der Waals surface area contributed by atoms with Crippen molar-refractivity contribution in [3.8, 4) is 0 Å². The molecule has 0 radical (unpaired) electrons. The van der Waals surface area contributed by atoms with E-state index >= 15 is 0 Å². The van der Waals surface area contributed by atoms with Gasteiger partial charge in [0.2, 0.25) is 5.91 Å². The fourth-order valence-corrected chi connectivity index (χ4v) is 1.57. The lowest BCUT2D eigenvalue weighted by atomic mass is 10.1. The van der Waals surface area contributed by atoms with Crippen molar-refractivity contribution in [3.63, 3.8) is 0 Å². The highest BCUT2D eigenvalue weighted by atomic mass is 35.5. The Morgan fingerprint density at radius 2 is 2.11 bits per heavy atom. The molecule has 0 saturated heterocycles. The number of benzene rings is 1. The average Bonchev–Trinajstić information content (AvgIpc) is 2.35. The van der Waals surface area contributed by atoms with Crippen LogP contribution in [0.25, 0.3) is 0 Å². The molecular formula is C12H16ClN3O2. The van der Waals surface area contributed by atoms with Crippen LogP contribution < -0.4 is 16.0 Å². The van der Waals surface area contributed by atoms with E-state index in [0.29, 0.717) is 5.02 Å². The van der Waals surface area contributed by atoms with Crippen LogP contribution in [0, 0.1) is 0 Å². The second-order valence-corrected chi connectivity index (χ2v) is 4.22. The summed E-state index contributed by atoms with van der Waals surface area (Å²) >= 11 is 5.88. The minimum atomic E-state index is -0.516. The van der Waals surface area contributed by atoms with Crippen LogP contribution in [-0.4, -0.2) is 25.5 Å². The average molecular weight is 270 g/mol. The molecule has 98 valence electrons. The molecular weight excluding hydrogens is 254 g/mol. The molecule has 3 amide bonds. The zero-order valence-electron chi connectivity index (χ0n) is 10.3. The van der Waals surface area contributed by atoms with Crippen LogP contribution in [0.4, 0.5) is 4.79 Å². The van der Waals surface area contributed by atoms with Crippen LogP contribution in [-0.2, 0) is 4.79 Å². The van der Waals surface area contributed by atoms with Gasteiger partial charge in [-0.2, -0.15) is 0 Å². The fourth-order valence-electron chi connectivity index (χ4n) is 1.37. The first kappa shape index (κ1) is 14.5. The van der Waals surface area contributed by atoms with E-state index in [1.807, 2.05) is 25.1 Å². The van der Waals surface area contributed by atoms with Gasteiger partial charge in [-0.05, 0) is 24.6 Å². The van der Waals surface area contributed by atoms with E-state index in [2.05, 4.69) is 16.0 Å². The first-order chi connectivity index (χ1) is 8.52. The molecule has 18 heavy (non-hydrogen) atoms. The van der Waals surface area contributed by atoms with Crippen LogP contribution in [0.5, 0.6) is 0 Å². The normalized spacial score (nSPS) is 11.7. The van der Waals surface area contributed by atoms with Gasteiger partial charge in [0.15, 0.2) is 0 Å². The van der Waals surface area contributed by atoms with Crippen molar-refractivity contribution in [3.05, 3.63) is 34.9 Å². The van der Waals surface area contributed by atoms with Crippen molar-refractivity contribution in [1.29, 1.82) is 0 Å². The summed E-state index contributed by atoms with van der Waals surface area (Å²) in [6.07, 6.45) is 0. The fraction of sp³-hybridized carbons (Fsp3) is 0.333. The number of rotatable bonds is 4. The van der Waals surface area contributed by atoms with Crippen molar-refractivity contribution in [2.24, 2.45) is 0 Å². The van der Waals surface area contributed by atoms with Crippen molar-refractivity contribution in [1.82, 2.24) is 16.0 Å². The van der Waals surface area contributed by atoms with Gasteiger partial charge in [-0.1, -0.05) is 23.7 Å². The smallest absolute Gasteiger partial charge is 0.321 e. The molecule has 1 aromatic rings. The number of hydrogen-bond acceptors (Lipinski definition) is 3.